The van der Waals surface area contributed by atoms with Crippen molar-refractivity contribution < 1.29 is 4.79 Å². The molecule has 0 unspecified atom stereocenters. The number of nitrogens with two attached hydrogens (primary N) is 1. The molecule has 2 rings (SSSR count). The first-order chi connectivity index (χ1) is 8.24. The quantitative estimate of drug-likeness (QED) is 0.823. The van der Waals surface area contributed by atoms with E-state index in [2.05, 4.69) is 11.4 Å². The predicted molar refractivity (Wildman–Crippen MR) is 72.2 cm³/mol. The molecule has 0 radical (unpaired) electrons. The summed E-state index contributed by atoms with van der Waals surface area (Å²) in [4.78, 5) is 11.8. The number of rotatable bonds is 5. The predicted octanol–water partition coefficient (Wildman–Crippen LogP) is 3.07. The van der Waals surface area contributed by atoms with Crippen LogP contribution in [0.1, 0.15) is 17.5 Å². The maximum atomic E-state index is 11.8. The van der Waals surface area contributed by atoms with Gasteiger partial charge in [-0.15, -0.1) is 0 Å². The number of Topliss-reactive ketones (excluding diaryl/α,β-unsaturated/α-hetero) is 1. The SMILES string of the molecule is Nc1cccc(CC(=O)CCc2ccsc2)c1. The summed E-state index contributed by atoms with van der Waals surface area (Å²) in [5.74, 6) is 0.266. The lowest BCUT2D eigenvalue weighted by atomic mass is 10.0. The molecule has 2 N–H and O–H groups in total. The van der Waals surface area contributed by atoms with Crippen molar-refractivity contribution in [2.75, 3.05) is 5.73 Å². The number of nitrogen functional groups attached to an aromatic ring is 1. The van der Waals surface area contributed by atoms with Crippen LogP contribution in [0.25, 0.3) is 0 Å². The Morgan fingerprint density at radius 2 is 2.12 bits per heavy atom. The van der Waals surface area contributed by atoms with Gasteiger partial charge in [0.05, 0.1) is 0 Å². The Morgan fingerprint density at radius 1 is 1.24 bits per heavy atom. The number of aryl methyl sites for hydroxylation is 1. The molecule has 2 nitrogen and oxygen atoms in total. The fraction of sp³-hybridized carbons (Fsp3) is 0.214. The number of benzene rings is 1. The van der Waals surface area contributed by atoms with Crippen molar-refractivity contribution in [1.29, 1.82) is 0 Å². The third-order valence-corrected chi connectivity index (χ3v) is 3.36. The molecule has 3 heteroatoms. The largest absolute Gasteiger partial charge is 0.399 e. The fourth-order valence-corrected chi connectivity index (χ4v) is 2.44. The first-order valence-electron chi connectivity index (χ1n) is 5.61. The van der Waals surface area contributed by atoms with E-state index in [-0.39, 0.29) is 5.78 Å². The average molecular weight is 245 g/mol. The number of thiophene rings is 1. The van der Waals surface area contributed by atoms with Gasteiger partial charge in [-0.1, -0.05) is 12.1 Å². The van der Waals surface area contributed by atoms with E-state index in [1.807, 2.05) is 29.6 Å². The molecular weight excluding hydrogens is 230 g/mol. The Morgan fingerprint density at radius 3 is 2.82 bits per heavy atom. The van der Waals surface area contributed by atoms with Crippen LogP contribution >= 0.6 is 11.3 Å². The average Bonchev–Trinajstić information content (AvgIpc) is 2.79. The molecule has 88 valence electrons. The number of ketones is 1. The molecule has 1 aromatic heterocycles. The van der Waals surface area contributed by atoms with Crippen molar-refractivity contribution >= 4 is 22.8 Å². The first-order valence-corrected chi connectivity index (χ1v) is 6.55. The zero-order valence-electron chi connectivity index (χ0n) is 9.56. The van der Waals surface area contributed by atoms with Gasteiger partial charge in [-0.25, -0.2) is 0 Å². The summed E-state index contributed by atoms with van der Waals surface area (Å²) in [6.45, 7) is 0. The van der Waals surface area contributed by atoms with E-state index >= 15 is 0 Å². The van der Waals surface area contributed by atoms with E-state index in [0.717, 1.165) is 12.0 Å². The molecule has 0 fully saturated rings. The van der Waals surface area contributed by atoms with Gasteiger partial charge in [0.15, 0.2) is 0 Å². The maximum Gasteiger partial charge on any atom is 0.137 e. The number of anilines is 1. The summed E-state index contributed by atoms with van der Waals surface area (Å²) in [6, 6.07) is 9.59. The Labute approximate surface area is 105 Å². The standard InChI is InChI=1S/C14H15NOS/c15-13-3-1-2-12(8-13)9-14(16)5-4-11-6-7-17-10-11/h1-3,6-8,10H,4-5,9,15H2. The van der Waals surface area contributed by atoms with E-state index in [1.165, 1.54) is 5.56 Å². The number of hydrogen-bond donors (Lipinski definition) is 1. The Balaban J connectivity index is 1.85. The lowest BCUT2D eigenvalue weighted by Crippen LogP contribution is -2.04. The monoisotopic (exact) mass is 245 g/mol. The second-order valence-corrected chi connectivity index (χ2v) is 4.87. The van der Waals surface area contributed by atoms with Crippen molar-refractivity contribution in [1.82, 2.24) is 0 Å². The van der Waals surface area contributed by atoms with Gasteiger partial charge in [0, 0.05) is 18.5 Å². The summed E-state index contributed by atoms with van der Waals surface area (Å²) >= 11 is 1.67. The van der Waals surface area contributed by atoms with Crippen molar-refractivity contribution in [3.05, 3.63) is 52.2 Å². The normalized spacial score (nSPS) is 10.4. The van der Waals surface area contributed by atoms with Crippen LogP contribution in [-0.2, 0) is 17.6 Å². The van der Waals surface area contributed by atoms with Crippen molar-refractivity contribution in [2.24, 2.45) is 0 Å². The number of carbonyl (C=O) groups excluding carboxylic acids is 1. The molecule has 1 heterocycles. The molecule has 17 heavy (non-hydrogen) atoms. The number of hydrogen-bond acceptors (Lipinski definition) is 3. The minimum absolute atomic E-state index is 0.266. The first kappa shape index (κ1) is 11.9. The molecule has 0 bridgehead atoms. The molecule has 0 saturated heterocycles. The van der Waals surface area contributed by atoms with Crippen LogP contribution in [0.5, 0.6) is 0 Å². The second kappa shape index (κ2) is 5.64. The molecule has 0 spiro atoms. The zero-order valence-corrected chi connectivity index (χ0v) is 10.4. The topological polar surface area (TPSA) is 43.1 Å². The summed E-state index contributed by atoms with van der Waals surface area (Å²) < 4.78 is 0. The van der Waals surface area contributed by atoms with Crippen molar-refractivity contribution in [3.63, 3.8) is 0 Å². The third-order valence-electron chi connectivity index (χ3n) is 2.62. The minimum atomic E-state index is 0.266. The Hall–Kier alpha value is -1.61. The lowest BCUT2D eigenvalue weighted by Gasteiger charge is -2.02. The lowest BCUT2D eigenvalue weighted by molar-refractivity contribution is -0.118. The molecule has 0 saturated carbocycles. The van der Waals surface area contributed by atoms with Gasteiger partial charge < -0.3 is 5.73 Å². The molecule has 2 aromatic rings. The van der Waals surface area contributed by atoms with Crippen LogP contribution < -0.4 is 5.73 Å². The van der Waals surface area contributed by atoms with Crippen LogP contribution in [0.4, 0.5) is 5.69 Å². The van der Waals surface area contributed by atoms with Crippen LogP contribution in [0.2, 0.25) is 0 Å². The van der Waals surface area contributed by atoms with Gasteiger partial charge in [0.1, 0.15) is 5.78 Å². The highest BCUT2D eigenvalue weighted by Crippen LogP contribution is 2.11. The summed E-state index contributed by atoms with van der Waals surface area (Å²) in [5.41, 5.74) is 8.64. The van der Waals surface area contributed by atoms with Crippen molar-refractivity contribution in [2.45, 2.75) is 19.3 Å². The van der Waals surface area contributed by atoms with E-state index in [9.17, 15) is 4.79 Å². The third kappa shape index (κ3) is 3.71. The van der Waals surface area contributed by atoms with E-state index in [0.29, 0.717) is 18.5 Å². The highest BCUT2D eigenvalue weighted by molar-refractivity contribution is 7.07. The van der Waals surface area contributed by atoms with Crippen LogP contribution in [0.15, 0.2) is 41.1 Å². The van der Waals surface area contributed by atoms with E-state index < -0.39 is 0 Å². The minimum Gasteiger partial charge on any atom is -0.399 e. The Bertz CT molecular complexity index is 491. The molecule has 0 amide bonds. The molecule has 1 aromatic carbocycles. The van der Waals surface area contributed by atoms with E-state index in [4.69, 9.17) is 5.73 Å². The van der Waals surface area contributed by atoms with Crippen LogP contribution in [0.3, 0.4) is 0 Å². The smallest absolute Gasteiger partial charge is 0.137 e. The van der Waals surface area contributed by atoms with Crippen molar-refractivity contribution in [3.8, 4) is 0 Å². The van der Waals surface area contributed by atoms with Crippen LogP contribution in [0, 0.1) is 0 Å². The van der Waals surface area contributed by atoms with Crippen LogP contribution in [-0.4, -0.2) is 5.78 Å². The van der Waals surface area contributed by atoms with Gasteiger partial charge in [-0.05, 0) is 46.5 Å². The van der Waals surface area contributed by atoms with Gasteiger partial charge in [0.25, 0.3) is 0 Å². The molecule has 0 aliphatic carbocycles. The Kier molecular flexibility index (Phi) is 3.94. The maximum absolute atomic E-state index is 11.8. The molecule has 0 aliphatic rings. The van der Waals surface area contributed by atoms with Gasteiger partial charge in [-0.3, -0.25) is 4.79 Å². The summed E-state index contributed by atoms with van der Waals surface area (Å²) in [7, 11) is 0. The van der Waals surface area contributed by atoms with Gasteiger partial charge in [0.2, 0.25) is 0 Å². The fourth-order valence-electron chi connectivity index (χ4n) is 1.74. The second-order valence-electron chi connectivity index (χ2n) is 4.09. The highest BCUT2D eigenvalue weighted by Gasteiger charge is 2.05. The molecule has 0 atom stereocenters. The molecular formula is C14H15NOS. The molecule has 0 aliphatic heterocycles. The van der Waals surface area contributed by atoms with Gasteiger partial charge >= 0.3 is 0 Å². The highest BCUT2D eigenvalue weighted by atomic mass is 32.1. The van der Waals surface area contributed by atoms with E-state index in [1.54, 1.807) is 11.3 Å². The van der Waals surface area contributed by atoms with Gasteiger partial charge in [-0.2, -0.15) is 11.3 Å². The summed E-state index contributed by atoms with van der Waals surface area (Å²) in [6.07, 6.45) is 1.92. The number of carbonyl (C=O) groups is 1. The summed E-state index contributed by atoms with van der Waals surface area (Å²) in [5, 5.41) is 4.13. The zero-order chi connectivity index (χ0) is 12.1.